The topological polar surface area (TPSA) is 102 Å². The van der Waals surface area contributed by atoms with Crippen molar-refractivity contribution in [2.24, 2.45) is 11.8 Å². The molecule has 2 rings (SSSR count). The van der Waals surface area contributed by atoms with E-state index in [-0.39, 0.29) is 37.3 Å². The van der Waals surface area contributed by atoms with Gasteiger partial charge in [-0.15, -0.1) is 0 Å². The Bertz CT molecular complexity index is 654. The molecule has 8 nitrogen and oxygen atoms in total. The number of carbonyl (C=O) groups is 3. The fourth-order valence-corrected chi connectivity index (χ4v) is 3.42. The lowest BCUT2D eigenvalue weighted by Crippen LogP contribution is -2.64. The molecule has 0 spiro atoms. The van der Waals surface area contributed by atoms with Crippen LogP contribution in [0, 0.1) is 11.8 Å². The van der Waals surface area contributed by atoms with Crippen LogP contribution in [0.4, 0.5) is 4.79 Å². The highest BCUT2D eigenvalue weighted by Gasteiger charge is 2.60. The monoisotopic (exact) mass is 365 g/mol. The van der Waals surface area contributed by atoms with E-state index in [1.54, 1.807) is 13.8 Å². The summed E-state index contributed by atoms with van der Waals surface area (Å²) in [5.41, 5.74) is 0.496. The summed E-state index contributed by atoms with van der Waals surface area (Å²) in [4.78, 5) is 37.8. The Balaban J connectivity index is 2.14. The third kappa shape index (κ3) is 3.37. The molecule has 3 unspecified atom stereocenters. The Labute approximate surface area is 151 Å². The molecule has 1 N–H and O–H groups in total. The van der Waals surface area contributed by atoms with Gasteiger partial charge in [-0.3, -0.25) is 4.79 Å². The van der Waals surface area contributed by atoms with Gasteiger partial charge in [-0.1, -0.05) is 32.2 Å². The molecule has 0 aromatic heterocycles. The maximum Gasteiger partial charge on any atom is 0.508 e. The predicted octanol–water partition coefficient (Wildman–Crippen LogP) is 1.17. The van der Waals surface area contributed by atoms with Gasteiger partial charge >= 0.3 is 12.1 Å². The SMILES string of the molecule is C=CCOC(=O)OC(C)C1C(=O)N2C(C(=O)OCC=C)=C(CO)C(C)[C@H]12. The summed E-state index contributed by atoms with van der Waals surface area (Å²) in [5, 5.41) is 9.66. The summed E-state index contributed by atoms with van der Waals surface area (Å²) in [5.74, 6) is -1.95. The zero-order valence-electron chi connectivity index (χ0n) is 14.8. The molecule has 0 saturated carbocycles. The fraction of sp³-hybridized carbons (Fsp3) is 0.500. The lowest BCUT2D eigenvalue weighted by molar-refractivity contribution is -0.164. The van der Waals surface area contributed by atoms with Crippen molar-refractivity contribution in [1.82, 2.24) is 4.90 Å². The molecule has 1 fully saturated rings. The quantitative estimate of drug-likeness (QED) is 0.391. The number of nitrogens with zero attached hydrogens (tertiary/aromatic N) is 1. The summed E-state index contributed by atoms with van der Waals surface area (Å²) in [6.07, 6.45) is 1.18. The molecule has 2 heterocycles. The largest absolute Gasteiger partial charge is 0.508 e. The van der Waals surface area contributed by atoms with Crippen LogP contribution in [0.15, 0.2) is 36.6 Å². The zero-order chi connectivity index (χ0) is 19.4. The third-order valence-electron chi connectivity index (χ3n) is 4.60. The van der Waals surface area contributed by atoms with E-state index < -0.39 is 30.2 Å². The molecular formula is C18H23NO7. The van der Waals surface area contributed by atoms with Crippen LogP contribution in [0.1, 0.15) is 13.8 Å². The summed E-state index contributed by atoms with van der Waals surface area (Å²) in [7, 11) is 0. The minimum Gasteiger partial charge on any atom is -0.457 e. The van der Waals surface area contributed by atoms with Crippen LogP contribution in [-0.2, 0) is 23.8 Å². The van der Waals surface area contributed by atoms with E-state index in [1.807, 2.05) is 0 Å². The van der Waals surface area contributed by atoms with Crippen molar-refractivity contribution in [3.63, 3.8) is 0 Å². The first-order chi connectivity index (χ1) is 12.4. The molecule has 8 heteroatoms. The van der Waals surface area contributed by atoms with Crippen molar-refractivity contribution >= 4 is 18.0 Å². The molecule has 26 heavy (non-hydrogen) atoms. The van der Waals surface area contributed by atoms with Crippen molar-refractivity contribution in [1.29, 1.82) is 0 Å². The molecule has 0 bridgehead atoms. The van der Waals surface area contributed by atoms with E-state index >= 15 is 0 Å². The second kappa shape index (κ2) is 8.18. The van der Waals surface area contributed by atoms with Gasteiger partial charge in [0.25, 0.3) is 0 Å². The lowest BCUT2D eigenvalue weighted by Gasteiger charge is -2.47. The van der Waals surface area contributed by atoms with Crippen LogP contribution in [0.3, 0.4) is 0 Å². The highest BCUT2D eigenvalue weighted by atomic mass is 16.7. The summed E-state index contributed by atoms with van der Waals surface area (Å²) in [6.45, 7) is 9.93. The number of amides is 1. The molecule has 0 aromatic carbocycles. The number of fused-ring (bicyclic) bond motifs is 1. The second-order valence-electron chi connectivity index (χ2n) is 6.11. The first kappa shape index (κ1) is 19.7. The van der Waals surface area contributed by atoms with Gasteiger partial charge in [0.05, 0.1) is 18.6 Å². The number of ether oxygens (including phenoxy) is 3. The number of rotatable bonds is 8. The van der Waals surface area contributed by atoms with E-state index in [9.17, 15) is 19.5 Å². The number of carbonyl (C=O) groups excluding carboxylic acids is 3. The zero-order valence-corrected chi connectivity index (χ0v) is 14.8. The van der Waals surface area contributed by atoms with E-state index in [0.717, 1.165) is 0 Å². The second-order valence-corrected chi connectivity index (χ2v) is 6.11. The molecule has 2 aliphatic rings. The summed E-state index contributed by atoms with van der Waals surface area (Å²) >= 11 is 0. The number of hydrogen-bond acceptors (Lipinski definition) is 7. The molecule has 2 aliphatic heterocycles. The highest BCUT2D eigenvalue weighted by molar-refractivity contribution is 6.00. The first-order valence-electron chi connectivity index (χ1n) is 8.28. The van der Waals surface area contributed by atoms with Crippen molar-refractivity contribution < 1.29 is 33.7 Å². The van der Waals surface area contributed by atoms with Crippen molar-refractivity contribution in [3.8, 4) is 0 Å². The van der Waals surface area contributed by atoms with E-state index in [0.29, 0.717) is 5.57 Å². The van der Waals surface area contributed by atoms with E-state index in [4.69, 9.17) is 14.2 Å². The average molecular weight is 365 g/mol. The molecule has 1 saturated heterocycles. The number of hydrogen-bond donors (Lipinski definition) is 1. The van der Waals surface area contributed by atoms with Crippen LogP contribution in [-0.4, -0.2) is 60.0 Å². The average Bonchev–Trinajstić information content (AvgIpc) is 2.86. The Hall–Kier alpha value is -2.61. The molecule has 142 valence electrons. The first-order valence-corrected chi connectivity index (χ1v) is 8.28. The minimum atomic E-state index is -0.893. The smallest absolute Gasteiger partial charge is 0.457 e. The van der Waals surface area contributed by atoms with Crippen LogP contribution in [0.2, 0.25) is 0 Å². The van der Waals surface area contributed by atoms with Crippen LogP contribution in [0.25, 0.3) is 0 Å². The van der Waals surface area contributed by atoms with Gasteiger partial charge in [-0.2, -0.15) is 0 Å². The molecule has 0 aliphatic carbocycles. The number of aliphatic hydroxyl groups excluding tert-OH is 1. The maximum atomic E-state index is 12.6. The normalized spacial score (nSPS) is 25.1. The number of esters is 1. The van der Waals surface area contributed by atoms with E-state index in [2.05, 4.69) is 13.2 Å². The Morgan fingerprint density at radius 3 is 2.46 bits per heavy atom. The molecule has 0 aromatic rings. The lowest BCUT2D eigenvalue weighted by atomic mass is 9.78. The van der Waals surface area contributed by atoms with Gasteiger partial charge in [0.2, 0.25) is 5.91 Å². The summed E-state index contributed by atoms with van der Waals surface area (Å²) < 4.78 is 14.9. The Morgan fingerprint density at radius 1 is 1.27 bits per heavy atom. The maximum absolute atomic E-state index is 12.6. The Kier molecular flexibility index (Phi) is 6.20. The van der Waals surface area contributed by atoms with Gasteiger partial charge in [0, 0.05) is 5.92 Å². The van der Waals surface area contributed by atoms with Gasteiger partial charge in [-0.05, 0) is 12.5 Å². The van der Waals surface area contributed by atoms with Crippen LogP contribution >= 0.6 is 0 Å². The third-order valence-corrected chi connectivity index (χ3v) is 4.60. The molecule has 1 amide bonds. The van der Waals surface area contributed by atoms with Crippen LogP contribution in [0.5, 0.6) is 0 Å². The van der Waals surface area contributed by atoms with E-state index in [1.165, 1.54) is 17.1 Å². The van der Waals surface area contributed by atoms with Gasteiger partial charge in [-0.25, -0.2) is 9.59 Å². The van der Waals surface area contributed by atoms with Gasteiger partial charge < -0.3 is 24.2 Å². The molecule has 4 atom stereocenters. The van der Waals surface area contributed by atoms with Crippen LogP contribution < -0.4 is 0 Å². The van der Waals surface area contributed by atoms with Crippen molar-refractivity contribution in [2.75, 3.05) is 19.8 Å². The van der Waals surface area contributed by atoms with Crippen molar-refractivity contribution in [2.45, 2.75) is 26.0 Å². The molecule has 0 radical (unpaired) electrons. The highest BCUT2D eigenvalue weighted by Crippen LogP contribution is 2.47. The minimum absolute atomic E-state index is 0.000205. The van der Waals surface area contributed by atoms with Crippen molar-refractivity contribution in [3.05, 3.63) is 36.6 Å². The molecular weight excluding hydrogens is 342 g/mol. The summed E-state index contributed by atoms with van der Waals surface area (Å²) in [6, 6.07) is -0.391. The van der Waals surface area contributed by atoms with Gasteiger partial charge in [0.1, 0.15) is 25.0 Å². The number of aliphatic hydroxyl groups is 1. The van der Waals surface area contributed by atoms with Gasteiger partial charge in [0.15, 0.2) is 0 Å². The predicted molar refractivity (Wildman–Crippen MR) is 90.6 cm³/mol. The number of β-lactam (4-membered cyclic amide) rings is 1. The standard InChI is InChI=1S/C18H23NO7/c1-5-7-24-17(22)15-12(9-20)10(3)14-13(16(21)19(14)15)11(4)26-18(23)25-8-6-2/h5-6,10-11,13-14,20H,1-2,7-9H2,3-4H3/t10?,11?,13?,14-/m1/s1. The fourth-order valence-electron chi connectivity index (χ4n) is 3.42. The Morgan fingerprint density at radius 2 is 1.88 bits per heavy atom.